The Morgan fingerprint density at radius 3 is 2.17 bits per heavy atom. The predicted octanol–water partition coefficient (Wildman–Crippen LogP) is 13.3. The van der Waals surface area contributed by atoms with E-state index in [1.54, 1.807) is 0 Å². The van der Waals surface area contributed by atoms with Crippen molar-refractivity contribution in [2.75, 3.05) is 0 Å². The Bertz CT molecular complexity index is 2290. The van der Waals surface area contributed by atoms with Crippen LogP contribution in [0.1, 0.15) is 112 Å². The minimum Gasteiger partial charge on any atom is -0.512 e. The molecule has 0 fully saturated rings. The summed E-state index contributed by atoms with van der Waals surface area (Å²) in [5, 5.41) is 13.5. The molecule has 0 unspecified atom stereocenters. The number of carbonyl (C=O) groups excluding carboxylic acids is 1. The molecule has 1 aliphatic rings. The molecule has 0 saturated heterocycles. The first kappa shape index (κ1) is 40.2. The monoisotopic (exact) mass is 889 g/mol. The number of benzene rings is 3. The van der Waals surface area contributed by atoms with E-state index in [0.29, 0.717) is 11.6 Å². The maximum Gasteiger partial charge on any atom is 0.218 e. The Balaban J connectivity index is 0.000000259. The van der Waals surface area contributed by atoms with Crippen LogP contribution in [0, 0.1) is 22.8 Å². The number of rotatable bonds is 10. The van der Waals surface area contributed by atoms with Crippen molar-refractivity contribution in [2.24, 2.45) is 16.7 Å². The van der Waals surface area contributed by atoms with Gasteiger partial charge in [-0.3, -0.25) is 9.78 Å². The average molecular weight is 889 g/mol. The first-order chi connectivity index (χ1) is 24.7. The molecule has 3 heterocycles. The van der Waals surface area contributed by atoms with Crippen LogP contribution in [0.2, 0.25) is 0 Å². The fourth-order valence-electron chi connectivity index (χ4n) is 7.68. The molecule has 0 atom stereocenters. The van der Waals surface area contributed by atoms with Crippen molar-refractivity contribution in [3.8, 4) is 22.6 Å². The third kappa shape index (κ3) is 7.06. The van der Waals surface area contributed by atoms with E-state index >= 15 is 0 Å². The zero-order valence-electron chi connectivity index (χ0n) is 33.0. The number of furan rings is 2. The van der Waals surface area contributed by atoms with Gasteiger partial charge in [-0.25, -0.2) is 0 Å². The van der Waals surface area contributed by atoms with Gasteiger partial charge in [-0.2, -0.15) is 0 Å². The van der Waals surface area contributed by atoms with E-state index < -0.39 is 0 Å². The van der Waals surface area contributed by atoms with Gasteiger partial charge in [0, 0.05) is 58.7 Å². The number of aliphatic hydroxyl groups is 1. The number of hydrogen-bond donors (Lipinski definition) is 1. The van der Waals surface area contributed by atoms with Gasteiger partial charge >= 0.3 is 0 Å². The quantitative estimate of drug-likeness (QED) is 0.0842. The summed E-state index contributed by atoms with van der Waals surface area (Å²) >= 11 is 0. The van der Waals surface area contributed by atoms with Crippen LogP contribution in [-0.4, -0.2) is 15.9 Å². The van der Waals surface area contributed by atoms with Crippen molar-refractivity contribution in [3.63, 3.8) is 0 Å². The molecule has 5 nitrogen and oxygen atoms in total. The summed E-state index contributed by atoms with van der Waals surface area (Å²) in [6, 6.07) is 26.5. The van der Waals surface area contributed by atoms with Crippen LogP contribution in [-0.2, 0) is 36.7 Å². The fourth-order valence-corrected chi connectivity index (χ4v) is 7.68. The van der Waals surface area contributed by atoms with Crippen LogP contribution >= 0.6 is 0 Å². The van der Waals surface area contributed by atoms with Gasteiger partial charge < -0.3 is 13.9 Å². The molecule has 6 aromatic rings. The van der Waals surface area contributed by atoms with E-state index in [-0.39, 0.29) is 47.9 Å². The Morgan fingerprint density at radius 1 is 0.849 bits per heavy atom. The number of hydrogen-bond acceptors (Lipinski definition) is 5. The zero-order valence-corrected chi connectivity index (χ0v) is 35.4. The molecule has 1 aliphatic carbocycles. The average Bonchev–Trinajstić information content (AvgIpc) is 3.79. The number of para-hydroxylation sites is 2. The van der Waals surface area contributed by atoms with Gasteiger partial charge in [0.1, 0.15) is 22.7 Å². The Morgan fingerprint density at radius 2 is 1.51 bits per heavy atom. The van der Waals surface area contributed by atoms with Gasteiger partial charge in [0.25, 0.3) is 0 Å². The normalized spacial score (nSPS) is 13.9. The number of fused-ring (bicyclic) bond motifs is 8. The van der Waals surface area contributed by atoms with Crippen LogP contribution in [0.5, 0.6) is 0 Å². The van der Waals surface area contributed by atoms with Crippen LogP contribution in [0.3, 0.4) is 0 Å². The summed E-state index contributed by atoms with van der Waals surface area (Å²) < 4.78 is 12.7. The fraction of sp³-hybridized carbons (Fsp3) is 0.404. The molecule has 0 bridgehead atoms. The number of ketones is 1. The second kappa shape index (κ2) is 15.4. The molecule has 7 rings (SSSR count). The molecule has 0 amide bonds. The largest absolute Gasteiger partial charge is 0.512 e. The van der Waals surface area contributed by atoms with Crippen LogP contribution in [0.25, 0.3) is 55.6 Å². The maximum atomic E-state index is 12.2. The molecular formula is C47H54IrNO4-. The van der Waals surface area contributed by atoms with Crippen molar-refractivity contribution in [1.29, 1.82) is 0 Å². The first-order valence-electron chi connectivity index (χ1n) is 19.1. The van der Waals surface area contributed by atoms with Crippen LogP contribution in [0.4, 0.5) is 0 Å². The van der Waals surface area contributed by atoms with Gasteiger partial charge in [-0.1, -0.05) is 123 Å². The molecule has 1 N–H and O–H groups in total. The summed E-state index contributed by atoms with van der Waals surface area (Å²) in [6.45, 7) is 21.2. The molecule has 1 radical (unpaired) electrons. The third-order valence-corrected chi connectivity index (χ3v) is 12.0. The summed E-state index contributed by atoms with van der Waals surface area (Å²) in [5.74, 6) is 1.84. The van der Waals surface area contributed by atoms with E-state index in [1.165, 1.54) is 28.2 Å². The van der Waals surface area contributed by atoms with E-state index in [2.05, 4.69) is 76.2 Å². The molecule has 0 aliphatic heterocycles. The molecule has 281 valence electrons. The Hall–Kier alpha value is -3.99. The number of pyridine rings is 1. The van der Waals surface area contributed by atoms with Crippen LogP contribution in [0.15, 0.2) is 87.4 Å². The molecule has 53 heavy (non-hydrogen) atoms. The number of carbonyl (C=O) groups is 1. The molecule has 6 heteroatoms. The van der Waals surface area contributed by atoms with E-state index in [9.17, 15) is 9.90 Å². The van der Waals surface area contributed by atoms with Gasteiger partial charge in [0.2, 0.25) is 5.71 Å². The zero-order chi connectivity index (χ0) is 37.6. The predicted molar refractivity (Wildman–Crippen MR) is 215 cm³/mol. The molecule has 0 spiro atoms. The second-order valence-electron chi connectivity index (χ2n) is 16.0. The van der Waals surface area contributed by atoms with Crippen molar-refractivity contribution < 1.29 is 38.8 Å². The summed E-state index contributed by atoms with van der Waals surface area (Å²) in [7, 11) is 0. The van der Waals surface area contributed by atoms with Crippen molar-refractivity contribution in [2.45, 2.75) is 107 Å². The van der Waals surface area contributed by atoms with E-state index in [4.69, 9.17) is 13.8 Å². The maximum absolute atomic E-state index is 12.2. The molecular weight excluding hydrogens is 835 g/mol. The molecule has 0 saturated carbocycles. The second-order valence-corrected chi connectivity index (χ2v) is 16.0. The van der Waals surface area contributed by atoms with Crippen molar-refractivity contribution >= 4 is 38.8 Å². The number of nitrogens with zero attached hydrogens (tertiary/aromatic N) is 1. The Labute approximate surface area is 328 Å². The van der Waals surface area contributed by atoms with Crippen molar-refractivity contribution in [1.82, 2.24) is 4.98 Å². The number of allylic oxidation sites excluding steroid dienone is 2. The third-order valence-electron chi connectivity index (χ3n) is 12.0. The summed E-state index contributed by atoms with van der Waals surface area (Å²) in [6.07, 6.45) is 5.76. The SMILES string of the molecule is CC(C)Cc1cccc2c3c(oc12)-c1cc[c-]c(-c2ccc4c(n2)oc2ccccc24)c1C3(C)C.CCC(C)(CC)C(=O)/C=C(\O)C(C)(CC)CC.[Ir]. The number of aromatic nitrogens is 1. The smallest absolute Gasteiger partial charge is 0.218 e. The van der Waals surface area contributed by atoms with Gasteiger partial charge in [0.05, 0.1) is 0 Å². The summed E-state index contributed by atoms with van der Waals surface area (Å²) in [5.41, 5.74) is 8.47. The number of aliphatic hydroxyl groups excluding tert-OH is 1. The molecule has 3 aromatic carbocycles. The van der Waals surface area contributed by atoms with Crippen molar-refractivity contribution in [3.05, 3.63) is 101 Å². The standard InChI is InChI=1S/C32H26NO2.C15H28O2.Ir/c1-18(2)17-19-9-7-12-24-28-30(35-29(19)24)23-13-8-11-22(27(23)32(28,3)4)25-16-15-21-20-10-5-6-14-26(20)34-31(21)33-25;1-7-14(5,8-2)12(16)11-13(17)15(6,9-3)10-4;/h5-10,12-16,18H,17H2,1-4H3;11,16H,7-10H2,1-6H3;/q-1;;/b;12-11-;. The summed E-state index contributed by atoms with van der Waals surface area (Å²) in [4.78, 5) is 17.1. The Kier molecular flexibility index (Phi) is 11.7. The minimum absolute atomic E-state index is 0. The first-order valence-corrected chi connectivity index (χ1v) is 19.1. The molecule has 3 aromatic heterocycles. The topological polar surface area (TPSA) is 76.5 Å². The van der Waals surface area contributed by atoms with Gasteiger partial charge in [0.15, 0.2) is 5.78 Å². The minimum atomic E-state index is -0.337. The van der Waals surface area contributed by atoms with E-state index in [1.807, 2.05) is 65.8 Å². The van der Waals surface area contributed by atoms with Gasteiger partial charge in [-0.15, -0.1) is 29.3 Å². The van der Waals surface area contributed by atoms with Gasteiger partial charge in [-0.05, 0) is 60.8 Å². The van der Waals surface area contributed by atoms with Crippen LogP contribution < -0.4 is 0 Å². The van der Waals surface area contributed by atoms with E-state index in [0.717, 1.165) is 76.6 Å².